The van der Waals surface area contributed by atoms with E-state index in [4.69, 9.17) is 16.3 Å². The summed E-state index contributed by atoms with van der Waals surface area (Å²) in [6, 6.07) is 7.73. The Kier molecular flexibility index (Phi) is 5.62. The number of hydrogen-bond donors (Lipinski definition) is 1. The van der Waals surface area contributed by atoms with Gasteiger partial charge in [0.1, 0.15) is 17.9 Å². The van der Waals surface area contributed by atoms with Crippen molar-refractivity contribution in [3.8, 4) is 5.75 Å². The molecule has 1 aromatic heterocycles. The van der Waals surface area contributed by atoms with Crippen LogP contribution < -0.4 is 10.2 Å². The number of nitrogens with one attached hydrogen (secondary N) is 1. The molecule has 0 aliphatic rings. The van der Waals surface area contributed by atoms with Crippen molar-refractivity contribution in [1.29, 1.82) is 0 Å². The lowest BCUT2D eigenvalue weighted by Gasteiger charge is -2.18. The molecule has 0 spiro atoms. The van der Waals surface area contributed by atoms with E-state index < -0.39 is 4.92 Å². The van der Waals surface area contributed by atoms with Gasteiger partial charge >= 0.3 is 0 Å². The summed E-state index contributed by atoms with van der Waals surface area (Å²) in [6.45, 7) is 7.36. The summed E-state index contributed by atoms with van der Waals surface area (Å²) in [6.07, 6.45) is 0. The summed E-state index contributed by atoms with van der Waals surface area (Å²) >= 11 is 6.15. The Morgan fingerprint density at radius 3 is 2.63 bits per heavy atom. The highest BCUT2D eigenvalue weighted by atomic mass is 35.5. The molecular formula is C19H20ClN3O4. The quantitative estimate of drug-likeness (QED) is 0.375. The summed E-state index contributed by atoms with van der Waals surface area (Å²) in [4.78, 5) is 28.9. The molecule has 1 heterocycles. The highest BCUT2D eigenvalue weighted by Gasteiger charge is 2.18. The molecular weight excluding hydrogens is 370 g/mol. The fourth-order valence-electron chi connectivity index (χ4n) is 3.08. The van der Waals surface area contributed by atoms with Crippen LogP contribution in [0.1, 0.15) is 13.8 Å². The zero-order valence-corrected chi connectivity index (χ0v) is 15.9. The van der Waals surface area contributed by atoms with Crippen molar-refractivity contribution in [2.24, 2.45) is 0 Å². The zero-order valence-electron chi connectivity index (χ0n) is 15.1. The number of fused-ring (bicyclic) bond motifs is 2. The Hall–Kier alpha value is -2.64. The molecule has 0 atom stereocenters. The van der Waals surface area contributed by atoms with Crippen LogP contribution in [0.2, 0.25) is 5.02 Å². The van der Waals surface area contributed by atoms with Crippen molar-refractivity contribution >= 4 is 39.1 Å². The predicted octanol–water partition coefficient (Wildman–Crippen LogP) is 3.96. The second kappa shape index (κ2) is 7.94. The summed E-state index contributed by atoms with van der Waals surface area (Å²) in [5.41, 5.74) is 0.0729. The predicted molar refractivity (Wildman–Crippen MR) is 107 cm³/mol. The van der Waals surface area contributed by atoms with Crippen LogP contribution in [0.15, 0.2) is 35.1 Å². The molecule has 27 heavy (non-hydrogen) atoms. The van der Waals surface area contributed by atoms with E-state index in [2.05, 4.69) is 23.7 Å². The van der Waals surface area contributed by atoms with E-state index in [0.29, 0.717) is 23.3 Å². The van der Waals surface area contributed by atoms with Crippen LogP contribution in [0.25, 0.3) is 21.8 Å². The van der Waals surface area contributed by atoms with Crippen LogP contribution in [0.4, 0.5) is 5.69 Å². The first kappa shape index (κ1) is 19.1. The molecule has 0 amide bonds. The van der Waals surface area contributed by atoms with Gasteiger partial charge in [-0.15, -0.1) is 0 Å². The van der Waals surface area contributed by atoms with Gasteiger partial charge in [0.15, 0.2) is 5.43 Å². The van der Waals surface area contributed by atoms with Gasteiger partial charge in [0.2, 0.25) is 0 Å². The van der Waals surface area contributed by atoms with E-state index in [0.717, 1.165) is 19.6 Å². The minimum absolute atomic E-state index is 0.110. The topological polar surface area (TPSA) is 88.5 Å². The van der Waals surface area contributed by atoms with Gasteiger partial charge in [-0.3, -0.25) is 14.9 Å². The largest absolute Gasteiger partial charge is 0.492 e. The molecule has 3 aromatic rings. The Bertz CT molecular complexity index is 1060. The third kappa shape index (κ3) is 3.74. The third-order valence-corrected chi connectivity index (χ3v) is 4.94. The summed E-state index contributed by atoms with van der Waals surface area (Å²) in [7, 11) is 0. The number of likely N-dealkylation sites (N-methyl/N-ethyl adjacent to an activating group) is 1. The molecule has 0 unspecified atom stereocenters. The van der Waals surface area contributed by atoms with Crippen LogP contribution >= 0.6 is 11.6 Å². The standard InChI is InChI=1S/C19H20ClN3O4/c1-3-22(4-2)9-10-27-12-5-7-15-13(11-12)19(24)17-14(20)6-8-16(23(25)26)18(17)21-15/h5-8,11H,3-4,9-10H2,1-2H3,(H,21,24). The Labute approximate surface area is 160 Å². The number of non-ortho nitro benzene ring substituents is 1. The number of pyridine rings is 1. The van der Waals surface area contributed by atoms with Crippen LogP contribution in [0.5, 0.6) is 5.75 Å². The van der Waals surface area contributed by atoms with Crippen LogP contribution in [-0.2, 0) is 0 Å². The van der Waals surface area contributed by atoms with E-state index in [9.17, 15) is 14.9 Å². The van der Waals surface area contributed by atoms with E-state index >= 15 is 0 Å². The Morgan fingerprint density at radius 2 is 1.96 bits per heavy atom. The highest BCUT2D eigenvalue weighted by molar-refractivity contribution is 6.36. The molecule has 0 saturated carbocycles. The van der Waals surface area contributed by atoms with Crippen molar-refractivity contribution in [2.75, 3.05) is 26.2 Å². The molecule has 0 aliphatic heterocycles. The normalized spacial score (nSPS) is 11.4. The van der Waals surface area contributed by atoms with E-state index in [1.807, 2.05) is 0 Å². The van der Waals surface area contributed by atoms with Gasteiger partial charge in [0, 0.05) is 18.0 Å². The van der Waals surface area contributed by atoms with Gasteiger partial charge in [-0.1, -0.05) is 25.4 Å². The molecule has 0 radical (unpaired) electrons. The number of aromatic nitrogens is 1. The molecule has 0 saturated heterocycles. The fraction of sp³-hybridized carbons (Fsp3) is 0.316. The number of hydrogen-bond acceptors (Lipinski definition) is 5. The molecule has 0 bridgehead atoms. The van der Waals surface area contributed by atoms with Crippen LogP contribution in [0, 0.1) is 10.1 Å². The number of halogens is 1. The second-order valence-electron chi connectivity index (χ2n) is 6.11. The third-order valence-electron chi connectivity index (χ3n) is 4.62. The Morgan fingerprint density at radius 1 is 1.22 bits per heavy atom. The average molecular weight is 390 g/mol. The monoisotopic (exact) mass is 389 g/mol. The maximum Gasteiger partial charge on any atom is 0.293 e. The molecule has 2 aromatic carbocycles. The summed E-state index contributed by atoms with van der Waals surface area (Å²) in [5.74, 6) is 0.570. The molecule has 0 aliphatic carbocycles. The van der Waals surface area contributed by atoms with Crippen molar-refractivity contribution < 1.29 is 9.66 Å². The highest BCUT2D eigenvalue weighted by Crippen LogP contribution is 2.30. The fourth-order valence-corrected chi connectivity index (χ4v) is 3.32. The number of ether oxygens (including phenoxy) is 1. The first-order chi connectivity index (χ1) is 13.0. The lowest BCUT2D eigenvalue weighted by atomic mass is 10.1. The Balaban J connectivity index is 2.03. The molecule has 8 heteroatoms. The maximum absolute atomic E-state index is 12.9. The molecule has 7 nitrogen and oxygen atoms in total. The van der Waals surface area contributed by atoms with Gasteiger partial charge in [0.05, 0.1) is 20.8 Å². The van der Waals surface area contributed by atoms with Gasteiger partial charge in [0.25, 0.3) is 5.69 Å². The van der Waals surface area contributed by atoms with Crippen LogP contribution in [-0.4, -0.2) is 41.0 Å². The van der Waals surface area contributed by atoms with Gasteiger partial charge < -0.3 is 14.6 Å². The number of nitro groups is 1. The maximum atomic E-state index is 12.9. The first-order valence-corrected chi connectivity index (χ1v) is 9.11. The van der Waals surface area contributed by atoms with Gasteiger partial charge in [-0.25, -0.2) is 0 Å². The van der Waals surface area contributed by atoms with Crippen LogP contribution in [0.3, 0.4) is 0 Å². The van der Waals surface area contributed by atoms with E-state index in [1.54, 1.807) is 18.2 Å². The second-order valence-corrected chi connectivity index (χ2v) is 6.52. The summed E-state index contributed by atoms with van der Waals surface area (Å²) < 4.78 is 5.77. The zero-order chi connectivity index (χ0) is 19.6. The SMILES string of the molecule is CCN(CC)CCOc1ccc2[nH]c3c([N+](=O)[O-])ccc(Cl)c3c(=O)c2c1. The molecule has 3 rings (SSSR count). The van der Waals surface area contributed by atoms with Gasteiger partial charge in [-0.2, -0.15) is 0 Å². The minimum Gasteiger partial charge on any atom is -0.492 e. The molecule has 0 fully saturated rings. The number of nitrogens with zero attached hydrogens (tertiary/aromatic N) is 2. The van der Waals surface area contributed by atoms with Gasteiger partial charge in [-0.05, 0) is 37.4 Å². The average Bonchev–Trinajstić information content (AvgIpc) is 2.65. The smallest absolute Gasteiger partial charge is 0.293 e. The van der Waals surface area contributed by atoms with Crippen molar-refractivity contribution in [2.45, 2.75) is 13.8 Å². The minimum atomic E-state index is -0.537. The number of benzene rings is 2. The number of H-pyrrole nitrogens is 1. The molecule has 142 valence electrons. The summed E-state index contributed by atoms with van der Waals surface area (Å²) in [5, 5.41) is 11.9. The first-order valence-electron chi connectivity index (χ1n) is 8.74. The number of nitro benzene ring substituents is 1. The molecule has 1 N–H and O–H groups in total. The lowest BCUT2D eigenvalue weighted by molar-refractivity contribution is -0.383. The number of rotatable bonds is 7. The lowest BCUT2D eigenvalue weighted by Crippen LogP contribution is -2.27. The number of aromatic amines is 1. The van der Waals surface area contributed by atoms with Crippen molar-refractivity contribution in [3.63, 3.8) is 0 Å². The van der Waals surface area contributed by atoms with E-state index in [-0.39, 0.29) is 27.0 Å². The van der Waals surface area contributed by atoms with E-state index in [1.165, 1.54) is 12.1 Å². The van der Waals surface area contributed by atoms with Crippen molar-refractivity contribution in [3.05, 3.63) is 55.7 Å². The van der Waals surface area contributed by atoms with Crippen molar-refractivity contribution in [1.82, 2.24) is 9.88 Å².